The summed E-state index contributed by atoms with van der Waals surface area (Å²) in [7, 11) is 1.39. The fraction of sp³-hybridized carbons (Fsp3) is 0.417. The summed E-state index contributed by atoms with van der Waals surface area (Å²) in [4.78, 5) is 32.8. The van der Waals surface area contributed by atoms with Crippen molar-refractivity contribution < 1.29 is 19.5 Å². The summed E-state index contributed by atoms with van der Waals surface area (Å²) in [6.45, 7) is 10.5. The highest BCUT2D eigenvalue weighted by atomic mass is 16.8. The molecular formula is C24H33N2O4+. The molecule has 2 aromatic carbocycles. The van der Waals surface area contributed by atoms with Crippen LogP contribution in [0.3, 0.4) is 0 Å². The Hall–Kier alpha value is -2.86. The van der Waals surface area contributed by atoms with E-state index in [0.717, 1.165) is 16.8 Å². The number of nitrogens with zero attached hydrogens (tertiary/aromatic N) is 2. The van der Waals surface area contributed by atoms with E-state index in [2.05, 4.69) is 13.8 Å². The molecule has 1 unspecified atom stereocenters. The van der Waals surface area contributed by atoms with E-state index in [4.69, 9.17) is 4.84 Å². The normalized spacial score (nSPS) is 13.2. The number of hydrogen-bond acceptors (Lipinski definition) is 3. The zero-order chi connectivity index (χ0) is 22.5. The van der Waals surface area contributed by atoms with Crippen molar-refractivity contribution in [1.29, 1.82) is 0 Å². The fourth-order valence-electron chi connectivity index (χ4n) is 3.52. The molecule has 0 aromatic heterocycles. The van der Waals surface area contributed by atoms with E-state index in [-0.39, 0.29) is 11.8 Å². The van der Waals surface area contributed by atoms with Gasteiger partial charge in [-0.3, -0.25) is 4.90 Å². The largest absolute Gasteiger partial charge is 0.562 e. The lowest BCUT2D eigenvalue weighted by atomic mass is 10.0. The highest BCUT2D eigenvalue weighted by Gasteiger charge is 2.44. The Bertz CT molecular complexity index is 894. The van der Waals surface area contributed by atoms with Gasteiger partial charge in [-0.05, 0) is 34.5 Å². The summed E-state index contributed by atoms with van der Waals surface area (Å²) < 4.78 is -0.975. The van der Waals surface area contributed by atoms with Gasteiger partial charge in [-0.1, -0.05) is 71.0 Å². The first-order chi connectivity index (χ1) is 14.1. The van der Waals surface area contributed by atoms with Crippen LogP contribution in [0.4, 0.5) is 21.0 Å². The SMILES string of the molecule is CCCN(C(=O)O[N+](C)(C(=O)O)c1ccccc1C(C)C)c1ccccc1C(C)C. The minimum Gasteiger partial charge on any atom is -0.432 e. The number of para-hydroxylation sites is 2. The standard InChI is InChI=1S/C24H32N2O4/c1-7-16-25(21-14-10-8-12-19(21)17(2)3)23(27)30-26(6,24(28)29)22-15-11-9-13-20(22)18(4)5/h8-15,17-18H,7,16H2,1-6H3/p+1. The molecule has 30 heavy (non-hydrogen) atoms. The highest BCUT2D eigenvalue weighted by Crippen LogP contribution is 2.34. The van der Waals surface area contributed by atoms with Gasteiger partial charge in [-0.2, -0.15) is 4.79 Å². The predicted molar refractivity (Wildman–Crippen MR) is 121 cm³/mol. The summed E-state index contributed by atoms with van der Waals surface area (Å²) >= 11 is 0. The summed E-state index contributed by atoms with van der Waals surface area (Å²) in [5.41, 5.74) is 3.00. The van der Waals surface area contributed by atoms with Crippen LogP contribution in [0.25, 0.3) is 0 Å². The number of carbonyl (C=O) groups excluding carboxylic acids is 1. The van der Waals surface area contributed by atoms with E-state index in [9.17, 15) is 14.7 Å². The molecule has 6 heteroatoms. The second kappa shape index (κ2) is 9.76. The van der Waals surface area contributed by atoms with Gasteiger partial charge >= 0.3 is 12.2 Å². The molecule has 0 aliphatic carbocycles. The Balaban J connectivity index is 2.51. The first-order valence-electron chi connectivity index (χ1n) is 10.4. The molecule has 0 aliphatic rings. The van der Waals surface area contributed by atoms with Crippen LogP contribution in [0.2, 0.25) is 0 Å². The predicted octanol–water partition coefficient (Wildman–Crippen LogP) is 6.52. The fourth-order valence-corrected chi connectivity index (χ4v) is 3.52. The Morgan fingerprint density at radius 3 is 2.03 bits per heavy atom. The molecule has 0 heterocycles. The highest BCUT2D eigenvalue weighted by molar-refractivity contribution is 5.91. The van der Waals surface area contributed by atoms with Crippen LogP contribution >= 0.6 is 0 Å². The summed E-state index contributed by atoms with van der Waals surface area (Å²) in [5, 5.41) is 10.0. The van der Waals surface area contributed by atoms with Crippen molar-refractivity contribution in [2.75, 3.05) is 18.5 Å². The van der Waals surface area contributed by atoms with Crippen LogP contribution in [0.15, 0.2) is 48.5 Å². The Morgan fingerprint density at radius 2 is 1.50 bits per heavy atom. The molecule has 2 aromatic rings. The molecule has 0 spiro atoms. The van der Waals surface area contributed by atoms with Crippen LogP contribution in [0, 0.1) is 0 Å². The number of amides is 2. The average molecular weight is 414 g/mol. The molecule has 0 fully saturated rings. The van der Waals surface area contributed by atoms with Gasteiger partial charge in [0, 0.05) is 18.2 Å². The van der Waals surface area contributed by atoms with Crippen molar-refractivity contribution in [2.45, 2.75) is 52.9 Å². The molecule has 1 N–H and O–H groups in total. The van der Waals surface area contributed by atoms with Gasteiger partial charge in [-0.25, -0.2) is 9.63 Å². The number of hydrogen-bond donors (Lipinski definition) is 1. The zero-order valence-electron chi connectivity index (χ0n) is 18.8. The van der Waals surface area contributed by atoms with Crippen LogP contribution in [0.1, 0.15) is 64.0 Å². The van der Waals surface area contributed by atoms with Gasteiger partial charge in [0.05, 0.1) is 5.69 Å². The topological polar surface area (TPSA) is 66.8 Å². The molecule has 0 radical (unpaired) electrons. The van der Waals surface area contributed by atoms with E-state index in [1.165, 1.54) is 11.9 Å². The van der Waals surface area contributed by atoms with Crippen LogP contribution < -0.4 is 9.55 Å². The number of rotatable bonds is 6. The van der Waals surface area contributed by atoms with Crippen molar-refractivity contribution >= 4 is 23.6 Å². The van der Waals surface area contributed by atoms with Gasteiger partial charge in [0.2, 0.25) is 0 Å². The lowest BCUT2D eigenvalue weighted by Crippen LogP contribution is -2.54. The molecule has 1 atom stereocenters. The number of quaternary nitrogens is 1. The smallest absolute Gasteiger partial charge is 0.432 e. The van der Waals surface area contributed by atoms with Gasteiger partial charge in [0.15, 0.2) is 5.69 Å². The first kappa shape index (κ1) is 23.4. The quantitative estimate of drug-likeness (QED) is 0.433. The van der Waals surface area contributed by atoms with E-state index in [1.807, 2.05) is 57.2 Å². The maximum Gasteiger partial charge on any atom is 0.562 e. The lowest BCUT2D eigenvalue weighted by molar-refractivity contribution is -0.0461. The van der Waals surface area contributed by atoms with Crippen molar-refractivity contribution in [2.24, 2.45) is 0 Å². The maximum absolute atomic E-state index is 13.3. The van der Waals surface area contributed by atoms with Crippen molar-refractivity contribution in [3.63, 3.8) is 0 Å². The van der Waals surface area contributed by atoms with Gasteiger partial charge < -0.3 is 5.11 Å². The minimum atomic E-state index is -1.26. The van der Waals surface area contributed by atoms with Gasteiger partial charge in [0.25, 0.3) is 0 Å². The van der Waals surface area contributed by atoms with Crippen LogP contribution in [-0.2, 0) is 4.84 Å². The molecule has 0 saturated carbocycles. The van der Waals surface area contributed by atoms with E-state index in [0.29, 0.717) is 18.7 Å². The van der Waals surface area contributed by atoms with E-state index < -0.39 is 16.8 Å². The van der Waals surface area contributed by atoms with Crippen LogP contribution in [0.5, 0.6) is 0 Å². The van der Waals surface area contributed by atoms with Gasteiger partial charge in [-0.15, -0.1) is 0 Å². The van der Waals surface area contributed by atoms with Crippen LogP contribution in [-0.4, -0.2) is 30.9 Å². The van der Waals surface area contributed by atoms with Crippen molar-refractivity contribution in [1.82, 2.24) is 4.65 Å². The van der Waals surface area contributed by atoms with Gasteiger partial charge in [0.1, 0.15) is 7.05 Å². The summed E-state index contributed by atoms with van der Waals surface area (Å²) in [5.74, 6) is 0.278. The van der Waals surface area contributed by atoms with Crippen molar-refractivity contribution in [3.05, 3.63) is 59.7 Å². The van der Waals surface area contributed by atoms with E-state index in [1.54, 1.807) is 12.1 Å². The molecule has 6 nitrogen and oxygen atoms in total. The second-order valence-electron chi connectivity index (χ2n) is 8.14. The number of carbonyl (C=O) groups is 2. The third-order valence-electron chi connectivity index (χ3n) is 5.16. The second-order valence-corrected chi connectivity index (χ2v) is 8.14. The number of hydroxylamine groups is 2. The molecule has 2 rings (SSSR count). The number of carboxylic acid groups (broad SMARTS) is 1. The maximum atomic E-state index is 13.3. The molecular weight excluding hydrogens is 380 g/mol. The van der Waals surface area contributed by atoms with Crippen molar-refractivity contribution in [3.8, 4) is 0 Å². The third-order valence-corrected chi connectivity index (χ3v) is 5.16. The lowest BCUT2D eigenvalue weighted by Gasteiger charge is -2.30. The summed E-state index contributed by atoms with van der Waals surface area (Å²) in [6, 6.07) is 14.8. The molecule has 0 aliphatic heterocycles. The Morgan fingerprint density at radius 1 is 0.967 bits per heavy atom. The zero-order valence-corrected chi connectivity index (χ0v) is 18.8. The Kier molecular flexibility index (Phi) is 7.62. The minimum absolute atomic E-state index is 0.0742. The number of anilines is 1. The van der Waals surface area contributed by atoms with E-state index >= 15 is 0 Å². The number of benzene rings is 2. The molecule has 162 valence electrons. The average Bonchev–Trinajstić information content (AvgIpc) is 2.71. The first-order valence-corrected chi connectivity index (χ1v) is 10.4. The Labute approximate surface area is 179 Å². The molecule has 2 amide bonds. The monoisotopic (exact) mass is 413 g/mol. The molecule has 0 bridgehead atoms. The molecule has 0 saturated heterocycles. The summed E-state index contributed by atoms with van der Waals surface area (Å²) in [6.07, 6.45) is -1.24. The third kappa shape index (κ3) is 4.82.